The van der Waals surface area contributed by atoms with Gasteiger partial charge >= 0.3 is 0 Å². The summed E-state index contributed by atoms with van der Waals surface area (Å²) >= 11 is 0. The highest BCUT2D eigenvalue weighted by Gasteiger charge is 2.09. The molecule has 2 aromatic carbocycles. The minimum Gasteiger partial charge on any atom is -0.399 e. The summed E-state index contributed by atoms with van der Waals surface area (Å²) < 4.78 is 26.3. The molecule has 0 amide bonds. The highest BCUT2D eigenvalue weighted by atomic mass is 19.2. The van der Waals surface area contributed by atoms with E-state index in [1.807, 2.05) is 13.8 Å². The second-order valence-electron chi connectivity index (χ2n) is 3.30. The molecule has 0 spiro atoms. The lowest BCUT2D eigenvalue weighted by atomic mass is 10.0. The molecule has 3 heteroatoms. The zero-order valence-corrected chi connectivity index (χ0v) is 9.64. The molecule has 0 aliphatic rings. The number of rotatable bonds is 0. The second kappa shape index (κ2) is 4.92. The van der Waals surface area contributed by atoms with Crippen molar-refractivity contribution in [2.45, 2.75) is 20.8 Å². The molecule has 0 aliphatic carbocycles. The number of hydrogen-bond donors (Lipinski definition) is 1. The van der Waals surface area contributed by atoms with Gasteiger partial charge in [0, 0.05) is 11.1 Å². The molecule has 2 rings (SSSR count). The molecule has 0 radical (unpaired) electrons. The van der Waals surface area contributed by atoms with Crippen LogP contribution >= 0.6 is 0 Å². The fraction of sp³-hybridized carbons (Fsp3) is 0.231. The Kier molecular flexibility index (Phi) is 3.82. The standard InChI is InChI=1S/C11H9F2N.C2H6/c1-6-4-8(14)5-7-2-3-9(12)11(13)10(6)7;1-2/h2-5H,14H2,1H3;1-2H3. The van der Waals surface area contributed by atoms with Gasteiger partial charge in [-0.1, -0.05) is 19.9 Å². The maximum absolute atomic E-state index is 13.4. The molecule has 2 N–H and O–H groups in total. The first-order valence-corrected chi connectivity index (χ1v) is 5.23. The minimum absolute atomic E-state index is 0.305. The van der Waals surface area contributed by atoms with Crippen LogP contribution in [0.1, 0.15) is 19.4 Å². The molecule has 0 heterocycles. The van der Waals surface area contributed by atoms with E-state index < -0.39 is 11.6 Å². The Bertz CT molecular complexity index is 507. The molecule has 16 heavy (non-hydrogen) atoms. The molecule has 0 aliphatic heterocycles. The van der Waals surface area contributed by atoms with Crippen LogP contribution in [0.3, 0.4) is 0 Å². The topological polar surface area (TPSA) is 26.0 Å². The molecular weight excluding hydrogens is 208 g/mol. The van der Waals surface area contributed by atoms with Crippen molar-refractivity contribution in [2.75, 3.05) is 5.73 Å². The van der Waals surface area contributed by atoms with Crippen molar-refractivity contribution < 1.29 is 8.78 Å². The van der Waals surface area contributed by atoms with Crippen molar-refractivity contribution in [3.05, 3.63) is 41.5 Å². The zero-order chi connectivity index (χ0) is 12.3. The summed E-state index contributed by atoms with van der Waals surface area (Å²) in [5, 5.41) is 0.931. The van der Waals surface area contributed by atoms with E-state index in [9.17, 15) is 8.78 Å². The fourth-order valence-corrected chi connectivity index (χ4v) is 1.63. The lowest BCUT2D eigenvalue weighted by molar-refractivity contribution is 0.517. The van der Waals surface area contributed by atoms with E-state index in [0.717, 1.165) is 6.07 Å². The summed E-state index contributed by atoms with van der Waals surface area (Å²) in [6, 6.07) is 5.89. The third kappa shape index (κ3) is 2.13. The van der Waals surface area contributed by atoms with Crippen LogP contribution in [0.4, 0.5) is 14.5 Å². The Hall–Kier alpha value is -1.64. The maximum atomic E-state index is 13.4. The van der Waals surface area contributed by atoms with Gasteiger partial charge in [-0.2, -0.15) is 0 Å². The SMILES string of the molecule is CC.Cc1cc(N)cc2ccc(F)c(F)c12. The molecule has 2 aromatic rings. The Morgan fingerprint density at radius 1 is 1.06 bits per heavy atom. The van der Waals surface area contributed by atoms with Crippen LogP contribution in [0.15, 0.2) is 24.3 Å². The van der Waals surface area contributed by atoms with Gasteiger partial charge in [0.15, 0.2) is 11.6 Å². The number of benzene rings is 2. The molecule has 86 valence electrons. The highest BCUT2D eigenvalue weighted by Crippen LogP contribution is 2.26. The lowest BCUT2D eigenvalue weighted by Crippen LogP contribution is -1.92. The second-order valence-corrected chi connectivity index (χ2v) is 3.30. The number of aryl methyl sites for hydroxylation is 1. The largest absolute Gasteiger partial charge is 0.399 e. The first-order chi connectivity index (χ1) is 7.59. The first kappa shape index (κ1) is 12.4. The van der Waals surface area contributed by atoms with Gasteiger partial charge in [-0.15, -0.1) is 0 Å². The zero-order valence-electron chi connectivity index (χ0n) is 9.64. The first-order valence-electron chi connectivity index (χ1n) is 5.23. The summed E-state index contributed by atoms with van der Waals surface area (Å²) in [4.78, 5) is 0. The van der Waals surface area contributed by atoms with Crippen LogP contribution < -0.4 is 5.73 Å². The van der Waals surface area contributed by atoms with Gasteiger partial charge in [-0.3, -0.25) is 0 Å². The molecule has 0 fully saturated rings. The Balaban J connectivity index is 0.000000606. The monoisotopic (exact) mass is 223 g/mol. The summed E-state index contributed by atoms with van der Waals surface area (Å²) in [7, 11) is 0. The minimum atomic E-state index is -0.828. The smallest absolute Gasteiger partial charge is 0.166 e. The van der Waals surface area contributed by atoms with Crippen molar-refractivity contribution >= 4 is 16.5 Å². The van der Waals surface area contributed by atoms with Gasteiger partial charge in [-0.25, -0.2) is 8.78 Å². The predicted molar refractivity (Wildman–Crippen MR) is 64.4 cm³/mol. The molecule has 0 atom stereocenters. The molecular formula is C13H15F2N. The maximum Gasteiger partial charge on any atom is 0.166 e. The number of anilines is 1. The van der Waals surface area contributed by atoms with Crippen molar-refractivity contribution in [3.63, 3.8) is 0 Å². The van der Waals surface area contributed by atoms with Crippen molar-refractivity contribution in [1.29, 1.82) is 0 Å². The van der Waals surface area contributed by atoms with Crippen molar-refractivity contribution in [3.8, 4) is 0 Å². The van der Waals surface area contributed by atoms with E-state index in [-0.39, 0.29) is 0 Å². The molecule has 0 bridgehead atoms. The quantitative estimate of drug-likeness (QED) is 0.670. The van der Waals surface area contributed by atoms with Crippen LogP contribution in [0, 0.1) is 18.6 Å². The van der Waals surface area contributed by atoms with Crippen molar-refractivity contribution in [2.24, 2.45) is 0 Å². The Labute approximate surface area is 93.9 Å². The summed E-state index contributed by atoms with van der Waals surface area (Å²) in [6.45, 7) is 5.71. The fourth-order valence-electron chi connectivity index (χ4n) is 1.63. The number of fused-ring (bicyclic) bond motifs is 1. The summed E-state index contributed by atoms with van der Waals surface area (Å²) in [6.07, 6.45) is 0. The van der Waals surface area contributed by atoms with Crippen LogP contribution in [-0.2, 0) is 0 Å². The van der Waals surface area contributed by atoms with E-state index in [1.54, 1.807) is 19.1 Å². The molecule has 0 saturated carbocycles. The van der Waals surface area contributed by atoms with Crippen molar-refractivity contribution in [1.82, 2.24) is 0 Å². The molecule has 0 aromatic heterocycles. The van der Waals surface area contributed by atoms with E-state index in [0.29, 0.717) is 22.0 Å². The van der Waals surface area contributed by atoms with Gasteiger partial charge in [0.2, 0.25) is 0 Å². The van der Waals surface area contributed by atoms with Crippen LogP contribution in [-0.4, -0.2) is 0 Å². The average molecular weight is 223 g/mol. The molecule has 0 saturated heterocycles. The third-order valence-electron chi connectivity index (χ3n) is 2.23. The predicted octanol–water partition coefficient (Wildman–Crippen LogP) is 4.03. The third-order valence-corrected chi connectivity index (χ3v) is 2.23. The van der Waals surface area contributed by atoms with Crippen LogP contribution in [0.25, 0.3) is 10.8 Å². The van der Waals surface area contributed by atoms with Gasteiger partial charge in [0.25, 0.3) is 0 Å². The van der Waals surface area contributed by atoms with E-state index in [4.69, 9.17) is 5.73 Å². The summed E-state index contributed by atoms with van der Waals surface area (Å²) in [5.74, 6) is -1.63. The lowest BCUT2D eigenvalue weighted by Gasteiger charge is -2.05. The van der Waals surface area contributed by atoms with Crippen LogP contribution in [0.5, 0.6) is 0 Å². The normalized spacial score (nSPS) is 9.81. The summed E-state index contributed by atoms with van der Waals surface area (Å²) in [5.41, 5.74) is 6.80. The van der Waals surface area contributed by atoms with Gasteiger partial charge < -0.3 is 5.73 Å². The average Bonchev–Trinajstić information content (AvgIpc) is 2.26. The number of nitrogens with two attached hydrogens (primary N) is 1. The van der Waals surface area contributed by atoms with E-state index in [1.165, 1.54) is 6.07 Å². The number of nitrogen functional groups attached to an aromatic ring is 1. The van der Waals surface area contributed by atoms with Gasteiger partial charge in [0.05, 0.1) is 0 Å². The molecule has 0 unspecified atom stereocenters. The Morgan fingerprint density at radius 3 is 2.31 bits per heavy atom. The highest BCUT2D eigenvalue weighted by molar-refractivity contribution is 5.89. The number of hydrogen-bond acceptors (Lipinski definition) is 1. The van der Waals surface area contributed by atoms with Crippen LogP contribution in [0.2, 0.25) is 0 Å². The number of halogens is 2. The van der Waals surface area contributed by atoms with Gasteiger partial charge in [0.1, 0.15) is 0 Å². The van der Waals surface area contributed by atoms with E-state index in [2.05, 4.69) is 0 Å². The molecule has 1 nitrogen and oxygen atoms in total. The Morgan fingerprint density at radius 2 is 1.69 bits per heavy atom. The van der Waals surface area contributed by atoms with E-state index >= 15 is 0 Å². The van der Waals surface area contributed by atoms with Gasteiger partial charge in [-0.05, 0) is 36.1 Å².